The molecule has 2 aliphatic rings. The maximum absolute atomic E-state index is 12.6. The summed E-state index contributed by atoms with van der Waals surface area (Å²) in [5.74, 6) is 0.301. The number of hydrogen-bond donors (Lipinski definition) is 1. The molecule has 1 aromatic carbocycles. The van der Waals surface area contributed by atoms with Crippen molar-refractivity contribution in [2.24, 2.45) is 11.1 Å². The molecule has 114 valence electrons. The fourth-order valence-corrected chi connectivity index (χ4v) is 3.39. The summed E-state index contributed by atoms with van der Waals surface area (Å²) in [6, 6.07) is 10.5. The van der Waals surface area contributed by atoms with Gasteiger partial charge in [0.2, 0.25) is 5.91 Å². The molecule has 0 spiro atoms. The van der Waals surface area contributed by atoms with Crippen molar-refractivity contribution in [2.45, 2.75) is 25.8 Å². The fraction of sp³-hybridized carbons (Fsp3) is 0.588. The zero-order valence-electron chi connectivity index (χ0n) is 12.6. The Labute approximate surface area is 126 Å². The Bertz CT molecular complexity index is 471. The molecule has 2 N–H and O–H groups in total. The van der Waals surface area contributed by atoms with Crippen LogP contribution < -0.4 is 5.73 Å². The van der Waals surface area contributed by atoms with Crippen molar-refractivity contribution >= 4 is 5.91 Å². The number of carbonyl (C=O) groups is 1. The Morgan fingerprint density at radius 3 is 2.29 bits per heavy atom. The third kappa shape index (κ3) is 2.97. The zero-order chi connectivity index (χ0) is 14.7. The van der Waals surface area contributed by atoms with Crippen molar-refractivity contribution < 1.29 is 4.79 Å². The number of rotatable bonds is 4. The highest BCUT2D eigenvalue weighted by Gasteiger charge is 2.45. The van der Waals surface area contributed by atoms with Crippen LogP contribution in [-0.2, 0) is 11.3 Å². The second-order valence-electron chi connectivity index (χ2n) is 6.39. The minimum absolute atomic E-state index is 0.221. The van der Waals surface area contributed by atoms with Crippen LogP contribution in [0.4, 0.5) is 0 Å². The van der Waals surface area contributed by atoms with Crippen LogP contribution >= 0.6 is 0 Å². The van der Waals surface area contributed by atoms with E-state index in [0.717, 1.165) is 52.0 Å². The highest BCUT2D eigenvalue weighted by atomic mass is 16.2. The standard InChI is InChI=1S/C17H25N3O/c18-14-17(7-4-8-17)16(21)20-11-9-19(10-12-20)13-15-5-2-1-3-6-15/h1-3,5-6H,4,7-14,18H2. The molecular weight excluding hydrogens is 262 g/mol. The number of benzene rings is 1. The van der Waals surface area contributed by atoms with E-state index in [0.29, 0.717) is 12.5 Å². The molecule has 0 unspecified atom stereocenters. The predicted octanol–water partition coefficient (Wildman–Crippen LogP) is 1.46. The lowest BCUT2D eigenvalue weighted by molar-refractivity contribution is -0.148. The van der Waals surface area contributed by atoms with Crippen molar-refractivity contribution in [2.75, 3.05) is 32.7 Å². The lowest BCUT2D eigenvalue weighted by atomic mass is 9.67. The summed E-state index contributed by atoms with van der Waals surface area (Å²) in [5, 5.41) is 0. The van der Waals surface area contributed by atoms with Crippen molar-refractivity contribution in [3.05, 3.63) is 35.9 Å². The number of hydrogen-bond acceptors (Lipinski definition) is 3. The largest absolute Gasteiger partial charge is 0.340 e. The molecule has 1 amide bonds. The first-order valence-corrected chi connectivity index (χ1v) is 7.99. The molecule has 1 saturated carbocycles. The van der Waals surface area contributed by atoms with Gasteiger partial charge < -0.3 is 10.6 Å². The molecule has 1 aliphatic heterocycles. The molecule has 3 rings (SSSR count). The van der Waals surface area contributed by atoms with Gasteiger partial charge in [-0.25, -0.2) is 0 Å². The maximum Gasteiger partial charge on any atom is 0.230 e. The van der Waals surface area contributed by atoms with Crippen LogP contribution in [0.3, 0.4) is 0 Å². The normalized spacial score (nSPS) is 21.9. The van der Waals surface area contributed by atoms with E-state index in [2.05, 4.69) is 29.2 Å². The van der Waals surface area contributed by atoms with Crippen LogP contribution in [0.25, 0.3) is 0 Å². The molecule has 0 radical (unpaired) electrons. The van der Waals surface area contributed by atoms with E-state index in [1.54, 1.807) is 0 Å². The van der Waals surface area contributed by atoms with Gasteiger partial charge in [-0.3, -0.25) is 9.69 Å². The number of nitrogens with two attached hydrogens (primary N) is 1. The number of piperazine rings is 1. The molecular formula is C17H25N3O. The van der Waals surface area contributed by atoms with Gasteiger partial charge in [0.1, 0.15) is 0 Å². The summed E-state index contributed by atoms with van der Waals surface area (Å²) in [4.78, 5) is 17.1. The molecule has 2 fully saturated rings. The van der Waals surface area contributed by atoms with E-state index < -0.39 is 0 Å². The summed E-state index contributed by atoms with van der Waals surface area (Å²) in [7, 11) is 0. The van der Waals surface area contributed by atoms with Gasteiger partial charge >= 0.3 is 0 Å². The second kappa shape index (κ2) is 6.16. The minimum atomic E-state index is -0.221. The zero-order valence-corrected chi connectivity index (χ0v) is 12.6. The van der Waals surface area contributed by atoms with Crippen molar-refractivity contribution in [1.29, 1.82) is 0 Å². The van der Waals surface area contributed by atoms with Crippen LogP contribution in [0.15, 0.2) is 30.3 Å². The fourth-order valence-electron chi connectivity index (χ4n) is 3.39. The quantitative estimate of drug-likeness (QED) is 0.912. The molecule has 1 heterocycles. The topological polar surface area (TPSA) is 49.6 Å². The van der Waals surface area contributed by atoms with E-state index in [1.807, 2.05) is 11.0 Å². The molecule has 0 atom stereocenters. The van der Waals surface area contributed by atoms with E-state index in [-0.39, 0.29) is 5.41 Å². The molecule has 4 nitrogen and oxygen atoms in total. The first kappa shape index (κ1) is 14.5. The molecule has 0 bridgehead atoms. The summed E-state index contributed by atoms with van der Waals surface area (Å²) in [6.45, 7) is 5.09. The molecule has 21 heavy (non-hydrogen) atoms. The highest BCUT2D eigenvalue weighted by Crippen LogP contribution is 2.41. The Morgan fingerprint density at radius 2 is 1.76 bits per heavy atom. The highest BCUT2D eigenvalue weighted by molar-refractivity contribution is 5.84. The van der Waals surface area contributed by atoms with Gasteiger partial charge in [-0.1, -0.05) is 36.8 Å². The van der Waals surface area contributed by atoms with Crippen LogP contribution in [0.1, 0.15) is 24.8 Å². The SMILES string of the molecule is NCC1(C(=O)N2CCN(Cc3ccccc3)CC2)CCC1. The monoisotopic (exact) mass is 287 g/mol. The number of amides is 1. The summed E-state index contributed by atoms with van der Waals surface area (Å²) >= 11 is 0. The van der Waals surface area contributed by atoms with Gasteiger partial charge in [-0.2, -0.15) is 0 Å². The minimum Gasteiger partial charge on any atom is -0.340 e. The number of carbonyl (C=O) groups excluding carboxylic acids is 1. The van der Waals surface area contributed by atoms with Crippen molar-refractivity contribution in [3.8, 4) is 0 Å². The lowest BCUT2D eigenvalue weighted by Gasteiger charge is -2.45. The van der Waals surface area contributed by atoms with Crippen molar-refractivity contribution in [1.82, 2.24) is 9.80 Å². The molecule has 4 heteroatoms. The molecule has 1 aromatic rings. The van der Waals surface area contributed by atoms with Gasteiger partial charge in [-0.15, -0.1) is 0 Å². The van der Waals surface area contributed by atoms with E-state index in [4.69, 9.17) is 5.73 Å². The van der Waals surface area contributed by atoms with Crippen LogP contribution in [0, 0.1) is 5.41 Å². The first-order chi connectivity index (χ1) is 10.2. The van der Waals surface area contributed by atoms with Gasteiger partial charge in [-0.05, 0) is 18.4 Å². The van der Waals surface area contributed by atoms with Gasteiger partial charge in [0.05, 0.1) is 5.41 Å². The Hall–Kier alpha value is -1.39. The average Bonchev–Trinajstić information content (AvgIpc) is 2.48. The lowest BCUT2D eigenvalue weighted by Crippen LogP contribution is -2.56. The van der Waals surface area contributed by atoms with E-state index in [1.165, 1.54) is 5.56 Å². The third-order valence-corrected chi connectivity index (χ3v) is 5.06. The third-order valence-electron chi connectivity index (χ3n) is 5.06. The van der Waals surface area contributed by atoms with E-state index in [9.17, 15) is 4.79 Å². The maximum atomic E-state index is 12.6. The van der Waals surface area contributed by atoms with Gasteiger partial charge in [0, 0.05) is 39.3 Å². The molecule has 0 aromatic heterocycles. The molecule has 1 saturated heterocycles. The van der Waals surface area contributed by atoms with Gasteiger partial charge in [0.25, 0.3) is 0 Å². The Kier molecular flexibility index (Phi) is 4.27. The summed E-state index contributed by atoms with van der Waals surface area (Å²) < 4.78 is 0. The smallest absolute Gasteiger partial charge is 0.230 e. The average molecular weight is 287 g/mol. The van der Waals surface area contributed by atoms with E-state index >= 15 is 0 Å². The molecule has 1 aliphatic carbocycles. The van der Waals surface area contributed by atoms with Crippen LogP contribution in [0.2, 0.25) is 0 Å². The first-order valence-electron chi connectivity index (χ1n) is 7.99. The van der Waals surface area contributed by atoms with Crippen molar-refractivity contribution in [3.63, 3.8) is 0 Å². The van der Waals surface area contributed by atoms with Gasteiger partial charge in [0.15, 0.2) is 0 Å². The van der Waals surface area contributed by atoms with Crippen LogP contribution in [0.5, 0.6) is 0 Å². The number of nitrogens with zero attached hydrogens (tertiary/aromatic N) is 2. The predicted molar refractivity (Wildman–Crippen MR) is 83.6 cm³/mol. The summed E-state index contributed by atoms with van der Waals surface area (Å²) in [6.07, 6.45) is 3.11. The Morgan fingerprint density at radius 1 is 1.10 bits per heavy atom. The van der Waals surface area contributed by atoms with Crippen LogP contribution in [-0.4, -0.2) is 48.4 Å². The summed E-state index contributed by atoms with van der Waals surface area (Å²) in [5.41, 5.74) is 6.97. The second-order valence-corrected chi connectivity index (χ2v) is 6.39. The Balaban J connectivity index is 1.52.